The molecule has 3 rings (SSSR count). The van der Waals surface area contributed by atoms with Gasteiger partial charge in [0.1, 0.15) is 30.8 Å². The number of halogens is 3. The fraction of sp³-hybridized carbons (Fsp3) is 0.0625. The average Bonchev–Trinajstić information content (AvgIpc) is 3.07. The minimum absolute atomic E-state index is 0.187. The number of rotatable bonds is 5. The van der Waals surface area contributed by atoms with Crippen molar-refractivity contribution in [1.82, 2.24) is 14.9 Å². The molecule has 1 aromatic heterocycles. The number of hydrogen-bond donors (Lipinski definition) is 0. The lowest BCUT2D eigenvalue weighted by Gasteiger charge is -2.12. The molecular weight excluding hydrogens is 537 g/mol. The molecule has 0 amide bonds. The summed E-state index contributed by atoms with van der Waals surface area (Å²) in [7, 11) is 0. The lowest BCUT2D eigenvalue weighted by atomic mass is 10.2. The van der Waals surface area contributed by atoms with Crippen LogP contribution in [0.5, 0.6) is 5.75 Å². The molecule has 3 aromatic rings. The van der Waals surface area contributed by atoms with Crippen LogP contribution in [-0.2, 0) is 6.61 Å². The van der Waals surface area contributed by atoms with Gasteiger partial charge >= 0.3 is 0 Å². The van der Waals surface area contributed by atoms with Gasteiger partial charge in [0.2, 0.25) is 0 Å². The zero-order valence-corrected chi connectivity index (χ0v) is 16.5. The van der Waals surface area contributed by atoms with Crippen LogP contribution in [0.3, 0.4) is 0 Å². The summed E-state index contributed by atoms with van der Waals surface area (Å²) in [5.41, 5.74) is 1.46. The van der Waals surface area contributed by atoms with Crippen LogP contribution in [0.4, 0.5) is 4.39 Å². The average molecular weight is 548 g/mol. The Labute approximate surface area is 165 Å². The summed E-state index contributed by atoms with van der Waals surface area (Å²) in [5.74, 6) is 0.473. The summed E-state index contributed by atoms with van der Waals surface area (Å²) in [4.78, 5) is 0. The molecule has 0 bridgehead atoms. The predicted octanol–water partition coefficient (Wildman–Crippen LogP) is 4.09. The van der Waals surface area contributed by atoms with Crippen molar-refractivity contribution in [1.29, 1.82) is 0 Å². The summed E-state index contributed by atoms with van der Waals surface area (Å²) >= 11 is 4.40. The van der Waals surface area contributed by atoms with Crippen LogP contribution in [0.15, 0.2) is 54.2 Å². The molecule has 0 spiro atoms. The quantitative estimate of drug-likeness (QED) is 0.357. The molecule has 1 heterocycles. The molecular formula is C16H11FI2N4O. The topological polar surface area (TPSA) is 52.3 Å². The standard InChI is InChI=1S/C16H11FI2N4O/c17-13-4-2-1-3-12(13)8-24-16-14(18)5-11(6-15(16)19)7-22-23-9-20-21-10-23/h1-7,9-10H,8H2/b22-7-. The lowest BCUT2D eigenvalue weighted by molar-refractivity contribution is 0.295. The molecule has 5 nitrogen and oxygen atoms in total. The molecule has 0 atom stereocenters. The van der Waals surface area contributed by atoms with Gasteiger partial charge in [0.15, 0.2) is 0 Å². The number of aromatic nitrogens is 3. The third-order valence-electron chi connectivity index (χ3n) is 3.10. The predicted molar refractivity (Wildman–Crippen MR) is 106 cm³/mol. The molecule has 0 N–H and O–H groups in total. The highest BCUT2D eigenvalue weighted by molar-refractivity contribution is 14.1. The van der Waals surface area contributed by atoms with Crippen LogP contribution in [0.2, 0.25) is 0 Å². The molecule has 0 unspecified atom stereocenters. The van der Waals surface area contributed by atoms with Gasteiger partial charge in [0.25, 0.3) is 0 Å². The number of benzene rings is 2. The van der Waals surface area contributed by atoms with Crippen molar-refractivity contribution < 1.29 is 9.13 Å². The highest BCUT2D eigenvalue weighted by Crippen LogP contribution is 2.29. The maximum atomic E-state index is 13.7. The van der Waals surface area contributed by atoms with Crippen LogP contribution in [-0.4, -0.2) is 21.1 Å². The Hall–Kier alpha value is -1.56. The first-order chi connectivity index (χ1) is 11.6. The molecule has 0 aliphatic rings. The molecule has 0 radical (unpaired) electrons. The molecule has 122 valence electrons. The number of ether oxygens (including phenoxy) is 1. The zero-order valence-electron chi connectivity index (χ0n) is 12.2. The Morgan fingerprint density at radius 2 is 1.79 bits per heavy atom. The maximum absolute atomic E-state index is 13.7. The smallest absolute Gasteiger partial charge is 0.146 e. The summed E-state index contributed by atoms with van der Waals surface area (Å²) in [6, 6.07) is 10.5. The molecule has 8 heteroatoms. The Morgan fingerprint density at radius 1 is 1.12 bits per heavy atom. The summed E-state index contributed by atoms with van der Waals surface area (Å²) < 4.78 is 22.9. The third kappa shape index (κ3) is 4.29. The van der Waals surface area contributed by atoms with Crippen molar-refractivity contribution in [2.45, 2.75) is 6.61 Å². The van der Waals surface area contributed by atoms with Crippen molar-refractivity contribution in [3.05, 3.63) is 73.1 Å². The summed E-state index contributed by atoms with van der Waals surface area (Å²) in [5, 5.41) is 11.6. The molecule has 2 aromatic carbocycles. The fourth-order valence-electron chi connectivity index (χ4n) is 1.95. The van der Waals surface area contributed by atoms with Gasteiger partial charge in [-0.3, -0.25) is 0 Å². The first kappa shape index (κ1) is 17.3. The summed E-state index contributed by atoms with van der Waals surface area (Å²) in [6.45, 7) is 0.187. The van der Waals surface area contributed by atoms with Gasteiger partial charge in [-0.15, -0.1) is 10.2 Å². The minimum atomic E-state index is -0.264. The Morgan fingerprint density at radius 3 is 2.46 bits per heavy atom. The van der Waals surface area contributed by atoms with Crippen molar-refractivity contribution in [3.8, 4) is 5.75 Å². The first-order valence-electron chi connectivity index (χ1n) is 6.88. The molecule has 0 fully saturated rings. The van der Waals surface area contributed by atoms with Crippen molar-refractivity contribution in [3.63, 3.8) is 0 Å². The highest BCUT2D eigenvalue weighted by Gasteiger charge is 2.10. The van der Waals surface area contributed by atoms with Crippen molar-refractivity contribution in [2.24, 2.45) is 5.10 Å². The minimum Gasteiger partial charge on any atom is -0.487 e. The van der Waals surface area contributed by atoms with Gasteiger partial charge in [-0.25, -0.2) is 9.07 Å². The molecule has 0 aliphatic carbocycles. The summed E-state index contributed by atoms with van der Waals surface area (Å²) in [6.07, 6.45) is 4.74. The molecule has 0 saturated heterocycles. The van der Waals surface area contributed by atoms with E-state index in [4.69, 9.17) is 4.74 Å². The van der Waals surface area contributed by atoms with Crippen LogP contribution in [0, 0.1) is 13.0 Å². The van der Waals surface area contributed by atoms with E-state index in [1.165, 1.54) is 23.4 Å². The van der Waals surface area contributed by atoms with Crippen LogP contribution < -0.4 is 4.74 Å². The van der Waals surface area contributed by atoms with E-state index < -0.39 is 0 Å². The maximum Gasteiger partial charge on any atom is 0.146 e. The fourth-order valence-corrected chi connectivity index (χ4v) is 4.07. The Kier molecular flexibility index (Phi) is 5.76. The lowest BCUT2D eigenvalue weighted by Crippen LogP contribution is -2.02. The Balaban J connectivity index is 1.76. The largest absolute Gasteiger partial charge is 0.487 e. The van der Waals surface area contributed by atoms with Crippen LogP contribution in [0.25, 0.3) is 0 Å². The molecule has 0 aliphatic heterocycles. The van der Waals surface area contributed by atoms with E-state index in [9.17, 15) is 4.39 Å². The van der Waals surface area contributed by atoms with Gasteiger partial charge in [0, 0.05) is 5.56 Å². The number of hydrogen-bond acceptors (Lipinski definition) is 4. The van der Waals surface area contributed by atoms with Gasteiger partial charge in [-0.2, -0.15) is 5.10 Å². The molecule has 0 saturated carbocycles. The van der Waals surface area contributed by atoms with Crippen LogP contribution in [0.1, 0.15) is 11.1 Å². The normalized spacial score (nSPS) is 11.1. The second-order valence-electron chi connectivity index (χ2n) is 4.78. The SMILES string of the molecule is Fc1ccccc1COc1c(I)cc(/C=N\n2cnnc2)cc1I. The number of nitrogens with zero attached hydrogens (tertiary/aromatic N) is 4. The van der Waals surface area contributed by atoms with E-state index >= 15 is 0 Å². The zero-order chi connectivity index (χ0) is 16.9. The van der Waals surface area contributed by atoms with E-state index in [1.807, 2.05) is 12.1 Å². The van der Waals surface area contributed by atoms with E-state index in [0.717, 1.165) is 18.5 Å². The van der Waals surface area contributed by atoms with Gasteiger partial charge in [-0.1, -0.05) is 18.2 Å². The third-order valence-corrected chi connectivity index (χ3v) is 4.70. The van der Waals surface area contributed by atoms with Crippen molar-refractivity contribution in [2.75, 3.05) is 0 Å². The Bertz CT molecular complexity index is 845. The van der Waals surface area contributed by atoms with Crippen molar-refractivity contribution >= 4 is 51.4 Å². The van der Waals surface area contributed by atoms with Gasteiger partial charge in [-0.05, 0) is 68.9 Å². The van der Waals surface area contributed by atoms with Gasteiger partial charge in [0.05, 0.1) is 13.4 Å². The highest BCUT2D eigenvalue weighted by atomic mass is 127. The first-order valence-corrected chi connectivity index (χ1v) is 9.03. The second kappa shape index (κ2) is 8.01. The monoisotopic (exact) mass is 548 g/mol. The van der Waals surface area contributed by atoms with E-state index in [1.54, 1.807) is 24.4 Å². The second-order valence-corrected chi connectivity index (χ2v) is 7.10. The van der Waals surface area contributed by atoms with E-state index in [0.29, 0.717) is 5.56 Å². The van der Waals surface area contributed by atoms with Crippen LogP contribution >= 0.6 is 45.2 Å². The van der Waals surface area contributed by atoms with E-state index in [2.05, 4.69) is 60.5 Å². The van der Waals surface area contributed by atoms with Gasteiger partial charge < -0.3 is 4.74 Å². The molecule has 24 heavy (non-hydrogen) atoms. The van der Waals surface area contributed by atoms with E-state index in [-0.39, 0.29) is 12.4 Å².